The van der Waals surface area contributed by atoms with Crippen LogP contribution in [0.2, 0.25) is 5.15 Å². The van der Waals surface area contributed by atoms with Gasteiger partial charge in [0.25, 0.3) is 0 Å². The third kappa shape index (κ3) is 1.84. The minimum absolute atomic E-state index is 0.576. The number of fused-ring (bicyclic) bond motifs is 1. The number of pyridine rings is 1. The molecule has 0 amide bonds. The van der Waals surface area contributed by atoms with Crippen LogP contribution in [0.3, 0.4) is 0 Å². The summed E-state index contributed by atoms with van der Waals surface area (Å²) in [6.45, 7) is 2.05. The maximum atomic E-state index is 6.19. The normalized spacial score (nSPS) is 11.0. The van der Waals surface area contributed by atoms with Crippen LogP contribution in [0.5, 0.6) is 0 Å². The van der Waals surface area contributed by atoms with E-state index in [1.54, 1.807) is 16.9 Å². The highest BCUT2D eigenvalue weighted by atomic mass is 35.5. The van der Waals surface area contributed by atoms with Gasteiger partial charge in [0.05, 0.1) is 5.69 Å². The molecule has 0 saturated carbocycles. The van der Waals surface area contributed by atoms with E-state index in [9.17, 15) is 0 Å². The molecule has 0 spiro atoms. The maximum Gasteiger partial charge on any atom is 0.157 e. The van der Waals surface area contributed by atoms with Gasteiger partial charge in [0.1, 0.15) is 5.15 Å². The summed E-state index contributed by atoms with van der Waals surface area (Å²) in [5.74, 6) is 0. The van der Waals surface area contributed by atoms with Crippen molar-refractivity contribution in [2.75, 3.05) is 0 Å². The average Bonchev–Trinajstić information content (AvgIpc) is 2.84. The number of rotatable bonds is 2. The molecule has 0 aliphatic rings. The van der Waals surface area contributed by atoms with Gasteiger partial charge in [-0.2, -0.15) is 5.10 Å². The zero-order valence-electron chi connectivity index (χ0n) is 9.84. The van der Waals surface area contributed by atoms with Crippen molar-refractivity contribution in [3.05, 3.63) is 47.5 Å². The second-order valence-electron chi connectivity index (χ2n) is 3.97. The molecule has 0 saturated heterocycles. The molecule has 0 N–H and O–H groups in total. The molecular formula is C13H11ClN4. The molecule has 3 rings (SSSR count). The summed E-state index contributed by atoms with van der Waals surface area (Å²) in [7, 11) is 0. The van der Waals surface area contributed by atoms with Crippen molar-refractivity contribution in [2.24, 2.45) is 0 Å². The molecular weight excluding hydrogens is 248 g/mol. The van der Waals surface area contributed by atoms with Crippen LogP contribution in [0.25, 0.3) is 16.9 Å². The smallest absolute Gasteiger partial charge is 0.157 e. The predicted octanol–water partition coefficient (Wildman–Crippen LogP) is 3.01. The molecule has 3 aromatic heterocycles. The molecule has 0 unspecified atom stereocenters. The Morgan fingerprint density at radius 1 is 1.33 bits per heavy atom. The highest BCUT2D eigenvalue weighted by Crippen LogP contribution is 2.21. The molecule has 0 aromatic carbocycles. The van der Waals surface area contributed by atoms with Gasteiger partial charge in [-0.3, -0.25) is 4.98 Å². The van der Waals surface area contributed by atoms with Gasteiger partial charge in [-0.05, 0) is 24.6 Å². The summed E-state index contributed by atoms with van der Waals surface area (Å²) >= 11 is 6.19. The number of nitrogens with zero attached hydrogens (tertiary/aromatic N) is 4. The predicted molar refractivity (Wildman–Crippen MR) is 70.6 cm³/mol. The van der Waals surface area contributed by atoms with Gasteiger partial charge >= 0.3 is 0 Å². The van der Waals surface area contributed by atoms with Crippen LogP contribution >= 0.6 is 11.6 Å². The van der Waals surface area contributed by atoms with E-state index in [4.69, 9.17) is 11.6 Å². The van der Waals surface area contributed by atoms with E-state index in [-0.39, 0.29) is 0 Å². The zero-order chi connectivity index (χ0) is 12.5. The molecule has 0 atom stereocenters. The first kappa shape index (κ1) is 11.2. The van der Waals surface area contributed by atoms with Crippen molar-refractivity contribution in [3.8, 4) is 11.3 Å². The van der Waals surface area contributed by atoms with Gasteiger partial charge in [-0.15, -0.1) is 0 Å². The maximum absolute atomic E-state index is 6.19. The highest BCUT2D eigenvalue weighted by molar-refractivity contribution is 6.29. The summed E-state index contributed by atoms with van der Waals surface area (Å²) in [6, 6.07) is 7.60. The number of halogens is 1. The van der Waals surface area contributed by atoms with Gasteiger partial charge in [-0.1, -0.05) is 18.5 Å². The number of aromatic nitrogens is 4. The zero-order valence-corrected chi connectivity index (χ0v) is 10.6. The summed E-state index contributed by atoms with van der Waals surface area (Å²) < 4.78 is 1.64. The Hall–Kier alpha value is -1.94. The van der Waals surface area contributed by atoms with Crippen LogP contribution in [-0.2, 0) is 6.42 Å². The molecule has 3 aromatic rings. The molecule has 5 heteroatoms. The standard InChI is InChI=1S/C13H11ClN4/c1-2-10-6-12(14)18-13(16-10)7-11(17-18)9-4-3-5-15-8-9/h3-8H,2H2,1H3. The summed E-state index contributed by atoms with van der Waals surface area (Å²) in [4.78, 5) is 8.58. The SMILES string of the molecule is CCc1cc(Cl)n2nc(-c3cccnc3)cc2n1. The highest BCUT2D eigenvalue weighted by Gasteiger charge is 2.09. The third-order valence-electron chi connectivity index (χ3n) is 2.76. The summed E-state index contributed by atoms with van der Waals surface area (Å²) in [5.41, 5.74) is 3.51. The summed E-state index contributed by atoms with van der Waals surface area (Å²) in [5, 5.41) is 5.02. The van der Waals surface area contributed by atoms with Gasteiger partial charge in [0.2, 0.25) is 0 Å². The lowest BCUT2D eigenvalue weighted by atomic mass is 10.2. The Balaban J connectivity index is 2.20. The lowest BCUT2D eigenvalue weighted by Crippen LogP contribution is -1.96. The second kappa shape index (κ2) is 4.38. The minimum Gasteiger partial charge on any atom is -0.264 e. The fourth-order valence-corrected chi connectivity index (χ4v) is 2.07. The van der Waals surface area contributed by atoms with Crippen LogP contribution in [0, 0.1) is 0 Å². The lowest BCUT2D eigenvalue weighted by Gasteiger charge is -1.99. The van der Waals surface area contributed by atoms with E-state index in [0.717, 1.165) is 29.0 Å². The first-order valence-corrected chi connectivity index (χ1v) is 6.11. The molecule has 4 nitrogen and oxygen atoms in total. The van der Waals surface area contributed by atoms with E-state index in [1.807, 2.05) is 31.2 Å². The van der Waals surface area contributed by atoms with Crippen LogP contribution in [0.4, 0.5) is 0 Å². The Bertz CT molecular complexity index is 691. The molecule has 3 heterocycles. The number of aryl methyl sites for hydroxylation is 1. The topological polar surface area (TPSA) is 43.1 Å². The molecule has 90 valence electrons. The number of hydrogen-bond acceptors (Lipinski definition) is 3. The fraction of sp³-hybridized carbons (Fsp3) is 0.154. The first-order chi connectivity index (χ1) is 8.78. The second-order valence-corrected chi connectivity index (χ2v) is 4.35. The Morgan fingerprint density at radius 3 is 2.94 bits per heavy atom. The summed E-state index contributed by atoms with van der Waals surface area (Å²) in [6.07, 6.45) is 4.36. The van der Waals surface area contributed by atoms with Gasteiger partial charge < -0.3 is 0 Å². The van der Waals surface area contributed by atoms with Gasteiger partial charge in [0, 0.05) is 29.7 Å². The van der Waals surface area contributed by atoms with E-state index in [1.165, 1.54) is 0 Å². The van der Waals surface area contributed by atoms with E-state index in [2.05, 4.69) is 15.1 Å². The van der Waals surface area contributed by atoms with Crippen molar-refractivity contribution in [1.82, 2.24) is 19.6 Å². The average molecular weight is 259 g/mol. The van der Waals surface area contributed by atoms with Crippen LogP contribution in [0.1, 0.15) is 12.6 Å². The molecule has 0 fully saturated rings. The number of hydrogen-bond donors (Lipinski definition) is 0. The van der Waals surface area contributed by atoms with E-state index < -0.39 is 0 Å². The van der Waals surface area contributed by atoms with E-state index in [0.29, 0.717) is 5.15 Å². The fourth-order valence-electron chi connectivity index (χ4n) is 1.82. The molecule has 0 aliphatic heterocycles. The Kier molecular flexibility index (Phi) is 2.72. The third-order valence-corrected chi connectivity index (χ3v) is 3.03. The molecule has 0 aliphatic carbocycles. The van der Waals surface area contributed by atoms with Crippen LogP contribution in [0.15, 0.2) is 36.7 Å². The Morgan fingerprint density at radius 2 is 2.22 bits per heavy atom. The first-order valence-electron chi connectivity index (χ1n) is 5.73. The quantitative estimate of drug-likeness (QED) is 0.664. The van der Waals surface area contributed by atoms with Crippen molar-refractivity contribution in [2.45, 2.75) is 13.3 Å². The Labute approximate surface area is 109 Å². The van der Waals surface area contributed by atoms with Crippen molar-refractivity contribution in [3.63, 3.8) is 0 Å². The molecule has 18 heavy (non-hydrogen) atoms. The lowest BCUT2D eigenvalue weighted by molar-refractivity contribution is 0.915. The monoisotopic (exact) mass is 258 g/mol. The van der Waals surface area contributed by atoms with Gasteiger partial charge in [0.15, 0.2) is 5.65 Å². The van der Waals surface area contributed by atoms with Crippen molar-refractivity contribution in [1.29, 1.82) is 0 Å². The largest absolute Gasteiger partial charge is 0.264 e. The minimum atomic E-state index is 0.576. The van der Waals surface area contributed by atoms with Crippen molar-refractivity contribution < 1.29 is 0 Å². The van der Waals surface area contributed by atoms with Crippen LogP contribution < -0.4 is 0 Å². The molecule has 0 radical (unpaired) electrons. The van der Waals surface area contributed by atoms with E-state index >= 15 is 0 Å². The van der Waals surface area contributed by atoms with Crippen molar-refractivity contribution >= 4 is 17.2 Å². The van der Waals surface area contributed by atoms with Gasteiger partial charge in [-0.25, -0.2) is 9.50 Å². The molecule has 0 bridgehead atoms. The van der Waals surface area contributed by atoms with Crippen LogP contribution in [-0.4, -0.2) is 19.6 Å².